The first-order valence-corrected chi connectivity index (χ1v) is 7.87. The van der Waals surface area contributed by atoms with Crippen molar-refractivity contribution in [1.29, 1.82) is 0 Å². The van der Waals surface area contributed by atoms with E-state index in [0.29, 0.717) is 11.3 Å². The SMILES string of the molecule is Cc1cc(F)ccc1-n1ccc(C(=O)NC2(C(=O)O)CCOCC2)n1. The van der Waals surface area contributed by atoms with E-state index in [2.05, 4.69) is 10.4 Å². The van der Waals surface area contributed by atoms with E-state index >= 15 is 0 Å². The van der Waals surface area contributed by atoms with Crippen LogP contribution in [0.3, 0.4) is 0 Å². The molecule has 1 fully saturated rings. The Morgan fingerprint density at radius 3 is 2.68 bits per heavy atom. The minimum Gasteiger partial charge on any atom is -0.480 e. The molecule has 1 aliphatic heterocycles. The van der Waals surface area contributed by atoms with E-state index in [-0.39, 0.29) is 37.6 Å². The maximum absolute atomic E-state index is 13.2. The Bertz CT molecular complexity index is 812. The molecular formula is C17H18FN3O4. The number of aliphatic carboxylic acids is 1. The standard InChI is InChI=1S/C17H18FN3O4/c1-11-10-12(18)2-3-14(11)21-7-4-13(20-21)15(22)19-17(16(23)24)5-8-25-9-6-17/h2-4,7,10H,5-6,8-9H2,1H3,(H,19,22)(H,23,24). The van der Waals surface area contributed by atoms with E-state index in [1.165, 1.54) is 22.9 Å². The largest absolute Gasteiger partial charge is 0.480 e. The second kappa shape index (κ2) is 6.64. The van der Waals surface area contributed by atoms with Gasteiger partial charge in [0, 0.05) is 32.3 Å². The van der Waals surface area contributed by atoms with Gasteiger partial charge in [-0.1, -0.05) is 0 Å². The van der Waals surface area contributed by atoms with Gasteiger partial charge in [-0.25, -0.2) is 13.9 Å². The van der Waals surface area contributed by atoms with Crippen LogP contribution in [0.25, 0.3) is 5.69 Å². The molecule has 0 saturated carbocycles. The zero-order valence-corrected chi connectivity index (χ0v) is 13.7. The van der Waals surface area contributed by atoms with Gasteiger partial charge in [0.15, 0.2) is 5.69 Å². The summed E-state index contributed by atoms with van der Waals surface area (Å²) in [5.74, 6) is -2.00. The van der Waals surface area contributed by atoms with Gasteiger partial charge in [0.25, 0.3) is 5.91 Å². The molecule has 0 unspecified atom stereocenters. The number of carbonyl (C=O) groups excluding carboxylic acids is 1. The van der Waals surface area contributed by atoms with Gasteiger partial charge in [-0.05, 0) is 36.8 Å². The number of carboxylic acid groups (broad SMARTS) is 1. The number of hydrogen-bond donors (Lipinski definition) is 2. The van der Waals surface area contributed by atoms with Crippen LogP contribution in [-0.4, -0.2) is 45.5 Å². The molecule has 1 amide bonds. The average molecular weight is 347 g/mol. The van der Waals surface area contributed by atoms with Gasteiger partial charge in [0.05, 0.1) is 5.69 Å². The number of carboxylic acids is 1. The first-order valence-electron chi connectivity index (χ1n) is 7.87. The van der Waals surface area contributed by atoms with E-state index in [4.69, 9.17) is 4.74 Å². The summed E-state index contributed by atoms with van der Waals surface area (Å²) >= 11 is 0. The van der Waals surface area contributed by atoms with E-state index in [9.17, 15) is 19.1 Å². The van der Waals surface area contributed by atoms with Crippen molar-refractivity contribution >= 4 is 11.9 Å². The van der Waals surface area contributed by atoms with Crippen LogP contribution in [0.15, 0.2) is 30.5 Å². The van der Waals surface area contributed by atoms with Crippen molar-refractivity contribution in [3.8, 4) is 5.69 Å². The number of aryl methyl sites for hydroxylation is 1. The maximum atomic E-state index is 13.2. The molecule has 1 aliphatic rings. The van der Waals surface area contributed by atoms with Crippen LogP contribution in [-0.2, 0) is 9.53 Å². The van der Waals surface area contributed by atoms with E-state index in [1.54, 1.807) is 19.2 Å². The molecular weight excluding hydrogens is 329 g/mol. The van der Waals surface area contributed by atoms with Crippen LogP contribution in [0.5, 0.6) is 0 Å². The second-order valence-corrected chi connectivity index (χ2v) is 6.03. The molecule has 2 aromatic rings. The lowest BCUT2D eigenvalue weighted by Gasteiger charge is -2.33. The van der Waals surface area contributed by atoms with E-state index in [0.717, 1.165) is 0 Å². The third kappa shape index (κ3) is 3.39. The van der Waals surface area contributed by atoms with Gasteiger partial charge >= 0.3 is 5.97 Å². The van der Waals surface area contributed by atoms with Crippen molar-refractivity contribution in [1.82, 2.24) is 15.1 Å². The van der Waals surface area contributed by atoms with Crippen LogP contribution in [0.1, 0.15) is 28.9 Å². The van der Waals surface area contributed by atoms with Gasteiger partial charge in [0.2, 0.25) is 0 Å². The summed E-state index contributed by atoms with van der Waals surface area (Å²) in [7, 11) is 0. The Morgan fingerprint density at radius 2 is 2.04 bits per heavy atom. The maximum Gasteiger partial charge on any atom is 0.329 e. The topological polar surface area (TPSA) is 93.5 Å². The number of ether oxygens (including phenoxy) is 1. The highest BCUT2D eigenvalue weighted by atomic mass is 19.1. The van der Waals surface area contributed by atoms with Crippen LogP contribution < -0.4 is 5.32 Å². The third-order valence-electron chi connectivity index (χ3n) is 4.34. The molecule has 2 heterocycles. The highest BCUT2D eigenvalue weighted by molar-refractivity contribution is 5.96. The van der Waals surface area contributed by atoms with Crippen molar-refractivity contribution in [3.63, 3.8) is 0 Å². The number of carbonyl (C=O) groups is 2. The van der Waals surface area contributed by atoms with Crippen LogP contribution in [0, 0.1) is 12.7 Å². The van der Waals surface area contributed by atoms with Crippen LogP contribution >= 0.6 is 0 Å². The molecule has 0 bridgehead atoms. The van der Waals surface area contributed by atoms with Crippen molar-refractivity contribution in [2.24, 2.45) is 0 Å². The van der Waals surface area contributed by atoms with Crippen molar-refractivity contribution in [2.75, 3.05) is 13.2 Å². The molecule has 8 heteroatoms. The van der Waals surface area contributed by atoms with Gasteiger partial charge < -0.3 is 15.2 Å². The number of benzene rings is 1. The molecule has 0 radical (unpaired) electrons. The molecule has 3 rings (SSSR count). The summed E-state index contributed by atoms with van der Waals surface area (Å²) in [6.45, 7) is 2.28. The second-order valence-electron chi connectivity index (χ2n) is 6.03. The summed E-state index contributed by atoms with van der Waals surface area (Å²) in [5.41, 5.74) is 0.0575. The Hall–Kier alpha value is -2.74. The summed E-state index contributed by atoms with van der Waals surface area (Å²) in [6, 6.07) is 5.74. The summed E-state index contributed by atoms with van der Waals surface area (Å²) in [4.78, 5) is 24.1. The lowest BCUT2D eigenvalue weighted by atomic mass is 9.90. The first kappa shape index (κ1) is 17.1. The molecule has 2 N–H and O–H groups in total. The number of halogens is 1. The molecule has 132 valence electrons. The third-order valence-corrected chi connectivity index (χ3v) is 4.34. The number of nitrogens with one attached hydrogen (secondary N) is 1. The van der Waals surface area contributed by atoms with Gasteiger partial charge in [-0.3, -0.25) is 4.79 Å². The fourth-order valence-corrected chi connectivity index (χ4v) is 2.85. The quantitative estimate of drug-likeness (QED) is 0.878. The molecule has 1 saturated heterocycles. The number of nitrogens with zero attached hydrogens (tertiary/aromatic N) is 2. The van der Waals surface area contributed by atoms with E-state index in [1.807, 2.05) is 0 Å². The van der Waals surface area contributed by atoms with Crippen molar-refractivity contribution in [3.05, 3.63) is 47.5 Å². The zero-order valence-electron chi connectivity index (χ0n) is 13.7. The fourth-order valence-electron chi connectivity index (χ4n) is 2.85. The minimum absolute atomic E-state index is 0.0934. The molecule has 0 spiro atoms. The molecule has 25 heavy (non-hydrogen) atoms. The summed E-state index contributed by atoms with van der Waals surface area (Å²) in [6.07, 6.45) is 1.98. The molecule has 1 aromatic carbocycles. The monoisotopic (exact) mass is 347 g/mol. The Labute approximate surface area is 143 Å². The highest BCUT2D eigenvalue weighted by Gasteiger charge is 2.42. The number of aromatic nitrogens is 2. The molecule has 0 aliphatic carbocycles. The molecule has 7 nitrogen and oxygen atoms in total. The molecule has 1 aromatic heterocycles. The fraction of sp³-hybridized carbons (Fsp3) is 0.353. The predicted molar refractivity (Wildman–Crippen MR) is 86.1 cm³/mol. The normalized spacial score (nSPS) is 16.4. The Kier molecular flexibility index (Phi) is 4.54. The smallest absolute Gasteiger partial charge is 0.329 e. The first-order chi connectivity index (χ1) is 11.9. The minimum atomic E-state index is -1.34. The Morgan fingerprint density at radius 1 is 1.32 bits per heavy atom. The lowest BCUT2D eigenvalue weighted by molar-refractivity contribution is -0.148. The van der Waals surface area contributed by atoms with Gasteiger partial charge in [-0.2, -0.15) is 5.10 Å². The van der Waals surface area contributed by atoms with Crippen molar-refractivity contribution < 1.29 is 23.8 Å². The lowest BCUT2D eigenvalue weighted by Crippen LogP contribution is -2.57. The molecule has 0 atom stereocenters. The average Bonchev–Trinajstić information content (AvgIpc) is 3.05. The predicted octanol–water partition coefficient (Wildman–Crippen LogP) is 1.68. The number of hydrogen-bond acceptors (Lipinski definition) is 4. The van der Waals surface area contributed by atoms with Crippen molar-refractivity contribution in [2.45, 2.75) is 25.3 Å². The number of rotatable bonds is 4. The number of amides is 1. The summed E-state index contributed by atoms with van der Waals surface area (Å²) < 4.78 is 19.9. The van der Waals surface area contributed by atoms with Gasteiger partial charge in [0.1, 0.15) is 11.4 Å². The van der Waals surface area contributed by atoms with Crippen LogP contribution in [0.2, 0.25) is 0 Å². The summed E-state index contributed by atoms with van der Waals surface area (Å²) in [5, 5.41) is 16.3. The van der Waals surface area contributed by atoms with Crippen LogP contribution in [0.4, 0.5) is 4.39 Å². The van der Waals surface area contributed by atoms with E-state index < -0.39 is 17.4 Å². The Balaban J connectivity index is 1.81. The highest BCUT2D eigenvalue weighted by Crippen LogP contribution is 2.22. The zero-order chi connectivity index (χ0) is 18.0. The van der Waals surface area contributed by atoms with Gasteiger partial charge in [-0.15, -0.1) is 0 Å².